The maximum atomic E-state index is 13.5. The van der Waals surface area contributed by atoms with Crippen LogP contribution in [0.4, 0.5) is 4.79 Å². The SMILES string of the molecule is CCOc1nc2cccc(C(=O)OC(C)OC(=O)OCc3nc(C)c(C)nc3C)c2n1Cc1ccc(-c2ccccc2-c2noc(=O)[nH]2)cc1. The van der Waals surface area contributed by atoms with Crippen molar-refractivity contribution >= 4 is 23.2 Å². The number of imidazole rings is 1. The summed E-state index contributed by atoms with van der Waals surface area (Å²) < 4.78 is 28.3. The lowest BCUT2D eigenvalue weighted by molar-refractivity contribution is -0.0835. The molecule has 0 aliphatic heterocycles. The molecule has 6 rings (SSSR count). The number of esters is 1. The second-order valence-corrected chi connectivity index (χ2v) is 11.3. The van der Waals surface area contributed by atoms with E-state index in [9.17, 15) is 14.4 Å². The van der Waals surface area contributed by atoms with Gasteiger partial charge in [-0.25, -0.2) is 14.4 Å². The number of aromatic amines is 1. The number of rotatable bonds is 11. The molecule has 3 heterocycles. The van der Waals surface area contributed by atoms with Crippen LogP contribution < -0.4 is 10.5 Å². The van der Waals surface area contributed by atoms with E-state index in [1.165, 1.54) is 6.92 Å². The van der Waals surface area contributed by atoms with E-state index in [-0.39, 0.29) is 12.2 Å². The van der Waals surface area contributed by atoms with Crippen LogP contribution in [0.3, 0.4) is 0 Å². The lowest BCUT2D eigenvalue weighted by atomic mass is 9.98. The number of carbonyl (C=O) groups excluding carboxylic acids is 2. The van der Waals surface area contributed by atoms with E-state index in [4.69, 9.17) is 23.5 Å². The first kappa shape index (κ1) is 33.6. The summed E-state index contributed by atoms with van der Waals surface area (Å²) in [6.07, 6.45) is -2.28. The lowest BCUT2D eigenvalue weighted by Crippen LogP contribution is -2.23. The van der Waals surface area contributed by atoms with E-state index in [0.717, 1.165) is 28.1 Å². The molecule has 0 saturated carbocycles. The fourth-order valence-corrected chi connectivity index (χ4v) is 5.41. The Morgan fingerprint density at radius 2 is 1.62 bits per heavy atom. The molecule has 0 aliphatic carbocycles. The topological polar surface area (TPSA) is 174 Å². The number of hydrogen-bond donors (Lipinski definition) is 1. The Bertz CT molecular complexity index is 2240. The fraction of sp³-hybridized carbons (Fsp3) is 0.250. The average molecular weight is 679 g/mol. The molecule has 0 saturated heterocycles. The molecule has 0 spiro atoms. The number of fused-ring (bicyclic) bond motifs is 1. The molecule has 14 nitrogen and oxygen atoms in total. The number of ether oxygens (including phenoxy) is 4. The predicted molar refractivity (Wildman–Crippen MR) is 180 cm³/mol. The smallest absolute Gasteiger partial charge is 0.465 e. The number of nitrogens with one attached hydrogen (secondary N) is 1. The van der Waals surface area contributed by atoms with Gasteiger partial charge in [0.2, 0.25) is 6.29 Å². The van der Waals surface area contributed by atoms with Gasteiger partial charge in [0.15, 0.2) is 5.82 Å². The summed E-state index contributed by atoms with van der Waals surface area (Å²) in [6.45, 7) is 9.23. The van der Waals surface area contributed by atoms with Crippen LogP contribution in [-0.2, 0) is 27.4 Å². The summed E-state index contributed by atoms with van der Waals surface area (Å²) in [6, 6.07) is 20.7. The van der Waals surface area contributed by atoms with Gasteiger partial charge in [0.1, 0.15) is 6.61 Å². The summed E-state index contributed by atoms with van der Waals surface area (Å²) in [5.41, 5.74) is 7.23. The van der Waals surface area contributed by atoms with Crippen LogP contribution in [0, 0.1) is 20.8 Å². The Hall–Kier alpha value is -6.31. The molecule has 256 valence electrons. The van der Waals surface area contributed by atoms with E-state index >= 15 is 0 Å². The summed E-state index contributed by atoms with van der Waals surface area (Å²) >= 11 is 0. The van der Waals surface area contributed by atoms with Crippen molar-refractivity contribution in [2.75, 3.05) is 6.61 Å². The summed E-state index contributed by atoms with van der Waals surface area (Å²) in [5.74, 6) is -1.03. The highest BCUT2D eigenvalue weighted by Crippen LogP contribution is 2.31. The predicted octanol–water partition coefficient (Wildman–Crippen LogP) is 6.07. The standard InChI is InChI=1S/C36H34N6O8/c1-6-46-34-39-29-13-9-12-28(33(43)48-23(5)49-36(45)47-19-30-22(4)37-20(2)21(3)38-30)31(29)42(34)18-24-14-16-25(17-15-24)26-10-7-8-11-27(26)32-40-35(44)50-41-32/h7-17,23H,6,18-19H2,1-5H3,(H,40,41,44). The third kappa shape index (κ3) is 7.23. The van der Waals surface area contributed by atoms with Crippen molar-refractivity contribution in [3.63, 3.8) is 0 Å². The van der Waals surface area contributed by atoms with Crippen molar-refractivity contribution in [3.8, 4) is 28.5 Å². The first-order valence-corrected chi connectivity index (χ1v) is 15.8. The van der Waals surface area contributed by atoms with E-state index in [1.54, 1.807) is 29.7 Å². The van der Waals surface area contributed by atoms with Gasteiger partial charge in [-0.3, -0.25) is 24.0 Å². The first-order chi connectivity index (χ1) is 24.1. The average Bonchev–Trinajstić information content (AvgIpc) is 3.69. The number of H-pyrrole nitrogens is 1. The van der Waals surface area contributed by atoms with Crippen LogP contribution in [0.15, 0.2) is 76.0 Å². The maximum absolute atomic E-state index is 13.5. The number of benzene rings is 3. The van der Waals surface area contributed by atoms with Crippen molar-refractivity contribution in [3.05, 3.63) is 111 Å². The summed E-state index contributed by atoms with van der Waals surface area (Å²) in [4.78, 5) is 53.5. The lowest BCUT2D eigenvalue weighted by Gasteiger charge is -2.16. The quantitative estimate of drug-likeness (QED) is 0.124. The maximum Gasteiger partial charge on any atom is 0.511 e. The van der Waals surface area contributed by atoms with Crippen LogP contribution in [0.2, 0.25) is 0 Å². The Morgan fingerprint density at radius 1 is 0.880 bits per heavy atom. The van der Waals surface area contributed by atoms with Crippen LogP contribution in [0.1, 0.15) is 52.5 Å². The third-order valence-corrected chi connectivity index (χ3v) is 7.89. The molecule has 6 aromatic rings. The normalized spacial score (nSPS) is 11.7. The molecule has 0 fully saturated rings. The number of nitrogens with zero attached hydrogens (tertiary/aromatic N) is 5. The highest BCUT2D eigenvalue weighted by atomic mass is 16.8. The van der Waals surface area contributed by atoms with E-state index in [1.807, 2.05) is 69.3 Å². The van der Waals surface area contributed by atoms with Gasteiger partial charge in [-0.15, -0.1) is 0 Å². The fourth-order valence-electron chi connectivity index (χ4n) is 5.41. The van der Waals surface area contributed by atoms with Crippen LogP contribution >= 0.6 is 0 Å². The number of para-hydroxylation sites is 1. The minimum absolute atomic E-state index is 0.145. The molecule has 0 aliphatic rings. The van der Waals surface area contributed by atoms with Gasteiger partial charge >= 0.3 is 17.9 Å². The Labute approximate surface area is 286 Å². The van der Waals surface area contributed by atoms with Crippen molar-refractivity contribution in [1.29, 1.82) is 0 Å². The van der Waals surface area contributed by atoms with Crippen molar-refractivity contribution < 1.29 is 33.1 Å². The van der Waals surface area contributed by atoms with Gasteiger partial charge < -0.3 is 18.9 Å². The summed E-state index contributed by atoms with van der Waals surface area (Å²) in [5, 5.41) is 3.84. The zero-order chi connectivity index (χ0) is 35.4. The van der Waals surface area contributed by atoms with Gasteiger partial charge in [-0.1, -0.05) is 59.8 Å². The number of aromatic nitrogens is 6. The zero-order valence-electron chi connectivity index (χ0n) is 28.1. The molecule has 1 unspecified atom stereocenters. The van der Waals surface area contributed by atoms with Gasteiger partial charge in [-0.2, -0.15) is 4.98 Å². The van der Waals surface area contributed by atoms with E-state index in [2.05, 4.69) is 25.1 Å². The molecule has 50 heavy (non-hydrogen) atoms. The van der Waals surface area contributed by atoms with Gasteiger partial charge in [-0.05, 0) is 56.5 Å². The zero-order valence-corrected chi connectivity index (χ0v) is 28.1. The van der Waals surface area contributed by atoms with Crippen LogP contribution in [-0.4, -0.2) is 54.7 Å². The highest BCUT2D eigenvalue weighted by Gasteiger charge is 2.23. The molecule has 1 N–H and O–H groups in total. The highest BCUT2D eigenvalue weighted by molar-refractivity contribution is 6.02. The molecule has 1 atom stereocenters. The molecular formula is C36H34N6O8. The molecule has 0 amide bonds. The molecular weight excluding hydrogens is 644 g/mol. The Balaban J connectivity index is 1.19. The largest absolute Gasteiger partial charge is 0.511 e. The minimum Gasteiger partial charge on any atom is -0.465 e. The van der Waals surface area contributed by atoms with Crippen molar-refractivity contribution in [2.45, 2.75) is 54.1 Å². The van der Waals surface area contributed by atoms with Crippen molar-refractivity contribution in [2.24, 2.45) is 0 Å². The molecule has 14 heteroatoms. The second kappa shape index (κ2) is 14.4. The number of aryl methyl sites for hydroxylation is 3. The van der Waals surface area contributed by atoms with E-state index in [0.29, 0.717) is 53.0 Å². The van der Waals surface area contributed by atoms with Gasteiger partial charge in [0.25, 0.3) is 6.01 Å². The third-order valence-electron chi connectivity index (χ3n) is 7.89. The minimum atomic E-state index is -1.26. The Morgan fingerprint density at radius 3 is 2.34 bits per heavy atom. The summed E-state index contributed by atoms with van der Waals surface area (Å²) in [7, 11) is 0. The number of hydrogen-bond acceptors (Lipinski definition) is 12. The van der Waals surface area contributed by atoms with Crippen LogP contribution in [0.5, 0.6) is 6.01 Å². The number of carbonyl (C=O) groups is 2. The molecule has 3 aromatic carbocycles. The van der Waals surface area contributed by atoms with E-state index < -0.39 is 24.2 Å². The molecule has 3 aromatic heterocycles. The second-order valence-electron chi connectivity index (χ2n) is 11.3. The van der Waals surface area contributed by atoms with Crippen molar-refractivity contribution in [1.82, 2.24) is 29.7 Å². The Kier molecular flexibility index (Phi) is 9.70. The van der Waals surface area contributed by atoms with Gasteiger partial charge in [0.05, 0.1) is 52.5 Å². The monoisotopic (exact) mass is 678 g/mol. The van der Waals surface area contributed by atoms with Gasteiger partial charge in [0, 0.05) is 12.5 Å². The first-order valence-electron chi connectivity index (χ1n) is 15.8. The van der Waals surface area contributed by atoms with Crippen LogP contribution in [0.25, 0.3) is 33.5 Å². The molecule has 0 bridgehead atoms. The molecule has 0 radical (unpaired) electrons.